The molecule has 2 aromatic rings. The molecule has 0 saturated carbocycles. The van der Waals surface area contributed by atoms with E-state index >= 15 is 0 Å². The van der Waals surface area contributed by atoms with Crippen LogP contribution in [-0.2, 0) is 6.54 Å². The molecule has 2 rings (SSSR count). The van der Waals surface area contributed by atoms with E-state index in [2.05, 4.69) is 41.3 Å². The quantitative estimate of drug-likeness (QED) is 0.840. The molecule has 0 heterocycles. The molecule has 0 aromatic heterocycles. The number of rotatable bonds is 6. The van der Waals surface area contributed by atoms with E-state index in [1.807, 2.05) is 24.3 Å². The zero-order valence-electron chi connectivity index (χ0n) is 10.5. The number of hydrogen-bond donors (Lipinski definition) is 1. The fraction of sp³-hybridized carbons (Fsp3) is 0.250. The fourth-order valence-electron chi connectivity index (χ4n) is 2.00. The summed E-state index contributed by atoms with van der Waals surface area (Å²) in [6.07, 6.45) is 0.793. The van der Waals surface area contributed by atoms with Gasteiger partial charge in [0.05, 0.1) is 0 Å². The van der Waals surface area contributed by atoms with Gasteiger partial charge in [-0.05, 0) is 24.1 Å². The third-order valence-corrected chi connectivity index (χ3v) is 2.92. The van der Waals surface area contributed by atoms with E-state index < -0.39 is 0 Å². The summed E-state index contributed by atoms with van der Waals surface area (Å²) in [7, 11) is 0. The van der Waals surface area contributed by atoms with Gasteiger partial charge in [0.2, 0.25) is 0 Å². The Bertz CT molecular complexity index is 441. The highest BCUT2D eigenvalue weighted by atomic mass is 16.3. The predicted molar refractivity (Wildman–Crippen MR) is 75.6 cm³/mol. The largest absolute Gasteiger partial charge is 0.396 e. The molecule has 0 bridgehead atoms. The van der Waals surface area contributed by atoms with Gasteiger partial charge in [-0.2, -0.15) is 0 Å². The molecule has 0 aliphatic carbocycles. The summed E-state index contributed by atoms with van der Waals surface area (Å²) < 4.78 is 0. The van der Waals surface area contributed by atoms with Crippen LogP contribution >= 0.6 is 0 Å². The van der Waals surface area contributed by atoms with Gasteiger partial charge in [0.1, 0.15) is 0 Å². The number of hydrogen-bond acceptors (Lipinski definition) is 2. The molecular weight excluding hydrogens is 222 g/mol. The minimum Gasteiger partial charge on any atom is -0.396 e. The van der Waals surface area contributed by atoms with E-state index in [0.29, 0.717) is 0 Å². The molecule has 0 spiro atoms. The second-order valence-electron chi connectivity index (χ2n) is 4.32. The fourth-order valence-corrected chi connectivity index (χ4v) is 2.00. The molecule has 2 nitrogen and oxygen atoms in total. The van der Waals surface area contributed by atoms with Crippen molar-refractivity contribution in [2.24, 2.45) is 0 Å². The van der Waals surface area contributed by atoms with Crippen LogP contribution in [0.15, 0.2) is 60.7 Å². The number of benzene rings is 2. The molecule has 1 N–H and O–H groups in total. The smallest absolute Gasteiger partial charge is 0.0447 e. The van der Waals surface area contributed by atoms with Crippen LogP contribution in [-0.4, -0.2) is 18.3 Å². The molecule has 0 aliphatic rings. The number of para-hydroxylation sites is 1. The maximum absolute atomic E-state index is 9.00. The number of nitrogens with zero attached hydrogens (tertiary/aromatic N) is 1. The average Bonchev–Trinajstić information content (AvgIpc) is 2.45. The first-order valence-electron chi connectivity index (χ1n) is 6.35. The van der Waals surface area contributed by atoms with Gasteiger partial charge in [-0.25, -0.2) is 0 Å². The first-order valence-corrected chi connectivity index (χ1v) is 6.35. The third-order valence-electron chi connectivity index (χ3n) is 2.92. The van der Waals surface area contributed by atoms with Gasteiger partial charge < -0.3 is 10.0 Å². The number of anilines is 1. The van der Waals surface area contributed by atoms with Crippen LogP contribution in [0.3, 0.4) is 0 Å². The Morgan fingerprint density at radius 2 is 1.44 bits per heavy atom. The van der Waals surface area contributed by atoms with Gasteiger partial charge >= 0.3 is 0 Å². The minimum absolute atomic E-state index is 0.234. The topological polar surface area (TPSA) is 23.5 Å². The summed E-state index contributed by atoms with van der Waals surface area (Å²) >= 11 is 0. The van der Waals surface area contributed by atoms with Crippen LogP contribution in [0.2, 0.25) is 0 Å². The summed E-state index contributed by atoms with van der Waals surface area (Å²) in [4.78, 5) is 2.30. The molecule has 0 aliphatic heterocycles. The summed E-state index contributed by atoms with van der Waals surface area (Å²) in [6.45, 7) is 1.98. The van der Waals surface area contributed by atoms with Crippen LogP contribution < -0.4 is 4.90 Å². The molecular formula is C16H19NO. The lowest BCUT2D eigenvalue weighted by Crippen LogP contribution is -2.24. The van der Waals surface area contributed by atoms with Crippen molar-refractivity contribution in [3.05, 3.63) is 66.2 Å². The highest BCUT2D eigenvalue weighted by Crippen LogP contribution is 2.16. The standard InChI is InChI=1S/C16H19NO/c18-13-7-12-17(16-10-5-2-6-11-16)14-15-8-3-1-4-9-15/h1-6,8-11,18H,7,12-14H2. The molecule has 0 saturated heterocycles. The van der Waals surface area contributed by atoms with Crippen LogP contribution in [0, 0.1) is 0 Å². The van der Waals surface area contributed by atoms with Crippen molar-refractivity contribution >= 4 is 5.69 Å². The van der Waals surface area contributed by atoms with Gasteiger partial charge in [0.25, 0.3) is 0 Å². The molecule has 0 fully saturated rings. The van der Waals surface area contributed by atoms with Crippen molar-refractivity contribution in [1.29, 1.82) is 0 Å². The van der Waals surface area contributed by atoms with Gasteiger partial charge in [0, 0.05) is 25.4 Å². The highest BCUT2D eigenvalue weighted by molar-refractivity contribution is 5.46. The van der Waals surface area contributed by atoms with Gasteiger partial charge in [0.15, 0.2) is 0 Å². The summed E-state index contributed by atoms with van der Waals surface area (Å²) in [5.74, 6) is 0. The maximum Gasteiger partial charge on any atom is 0.0447 e. The summed E-state index contributed by atoms with van der Waals surface area (Å²) in [6, 6.07) is 20.8. The minimum atomic E-state index is 0.234. The molecule has 0 unspecified atom stereocenters. The van der Waals surface area contributed by atoms with E-state index in [1.165, 1.54) is 11.3 Å². The monoisotopic (exact) mass is 241 g/mol. The van der Waals surface area contributed by atoms with Crippen molar-refractivity contribution in [2.75, 3.05) is 18.1 Å². The zero-order valence-corrected chi connectivity index (χ0v) is 10.5. The van der Waals surface area contributed by atoms with Crippen LogP contribution in [0.5, 0.6) is 0 Å². The Hall–Kier alpha value is -1.80. The first-order chi connectivity index (χ1) is 8.90. The van der Waals surface area contributed by atoms with Crippen molar-refractivity contribution in [1.82, 2.24) is 0 Å². The average molecular weight is 241 g/mol. The van der Waals surface area contributed by atoms with Crippen LogP contribution in [0.4, 0.5) is 5.69 Å². The van der Waals surface area contributed by atoms with Crippen molar-refractivity contribution in [3.8, 4) is 0 Å². The number of aliphatic hydroxyl groups is 1. The second-order valence-corrected chi connectivity index (χ2v) is 4.32. The lowest BCUT2D eigenvalue weighted by atomic mass is 10.2. The van der Waals surface area contributed by atoms with Crippen molar-refractivity contribution in [3.63, 3.8) is 0 Å². The van der Waals surface area contributed by atoms with E-state index in [-0.39, 0.29) is 6.61 Å². The SMILES string of the molecule is OCCCN(Cc1ccccc1)c1ccccc1. The normalized spacial score (nSPS) is 10.3. The van der Waals surface area contributed by atoms with Crippen LogP contribution in [0.1, 0.15) is 12.0 Å². The first kappa shape index (κ1) is 12.7. The number of aliphatic hydroxyl groups excluding tert-OH is 1. The molecule has 2 aromatic carbocycles. The second kappa shape index (κ2) is 6.82. The van der Waals surface area contributed by atoms with E-state index in [4.69, 9.17) is 5.11 Å². The van der Waals surface area contributed by atoms with Gasteiger partial charge in [-0.1, -0.05) is 48.5 Å². The van der Waals surface area contributed by atoms with Crippen molar-refractivity contribution in [2.45, 2.75) is 13.0 Å². The van der Waals surface area contributed by atoms with Gasteiger partial charge in [-0.3, -0.25) is 0 Å². The van der Waals surface area contributed by atoms with Crippen LogP contribution in [0.25, 0.3) is 0 Å². The molecule has 18 heavy (non-hydrogen) atoms. The zero-order chi connectivity index (χ0) is 12.6. The molecule has 0 amide bonds. The predicted octanol–water partition coefficient (Wildman–Crippen LogP) is 3.08. The molecule has 94 valence electrons. The third kappa shape index (κ3) is 3.60. The van der Waals surface area contributed by atoms with E-state index in [0.717, 1.165) is 19.5 Å². The molecule has 0 atom stereocenters. The molecule has 0 radical (unpaired) electrons. The Kier molecular flexibility index (Phi) is 4.79. The van der Waals surface area contributed by atoms with E-state index in [9.17, 15) is 0 Å². The lowest BCUT2D eigenvalue weighted by Gasteiger charge is -2.24. The Balaban J connectivity index is 2.10. The Labute approximate surface area is 109 Å². The highest BCUT2D eigenvalue weighted by Gasteiger charge is 2.06. The van der Waals surface area contributed by atoms with Crippen molar-refractivity contribution < 1.29 is 5.11 Å². The van der Waals surface area contributed by atoms with Gasteiger partial charge in [-0.15, -0.1) is 0 Å². The molecule has 2 heteroatoms. The summed E-state index contributed by atoms with van der Waals surface area (Å²) in [5.41, 5.74) is 2.49. The van der Waals surface area contributed by atoms with E-state index in [1.54, 1.807) is 0 Å². The maximum atomic E-state index is 9.00. The lowest BCUT2D eigenvalue weighted by molar-refractivity contribution is 0.289. The Morgan fingerprint density at radius 1 is 0.833 bits per heavy atom. The Morgan fingerprint density at radius 3 is 2.06 bits per heavy atom. The summed E-state index contributed by atoms with van der Waals surface area (Å²) in [5, 5.41) is 9.00.